The topological polar surface area (TPSA) is 17.1 Å². The molecule has 62 valence electrons. The van der Waals surface area contributed by atoms with Gasteiger partial charge in [0.15, 0.2) is 0 Å². The lowest BCUT2D eigenvalue weighted by molar-refractivity contribution is -0.104. The zero-order valence-corrected chi connectivity index (χ0v) is 7.55. The van der Waals surface area contributed by atoms with E-state index in [9.17, 15) is 4.79 Å². The summed E-state index contributed by atoms with van der Waals surface area (Å²) >= 11 is 0. The average molecular weight is 152 g/mol. The van der Waals surface area contributed by atoms with E-state index in [0.717, 1.165) is 18.3 Å². The number of allylic oxidation sites excluding steroid dienone is 3. The van der Waals surface area contributed by atoms with Crippen LogP contribution in [0.1, 0.15) is 27.2 Å². The zero-order chi connectivity index (χ0) is 8.85. The lowest BCUT2D eigenvalue weighted by atomic mass is 9.96. The van der Waals surface area contributed by atoms with Gasteiger partial charge in [0.1, 0.15) is 6.29 Å². The fourth-order valence-corrected chi connectivity index (χ4v) is 1.08. The van der Waals surface area contributed by atoms with Crippen LogP contribution >= 0.6 is 0 Å². The predicted molar refractivity (Wildman–Crippen MR) is 48.4 cm³/mol. The molecule has 0 spiro atoms. The van der Waals surface area contributed by atoms with Crippen LogP contribution in [-0.4, -0.2) is 6.29 Å². The molecule has 0 fully saturated rings. The Balaban J connectivity index is 4.55. The van der Waals surface area contributed by atoms with E-state index in [1.54, 1.807) is 0 Å². The van der Waals surface area contributed by atoms with Gasteiger partial charge in [-0.05, 0) is 24.8 Å². The maximum Gasteiger partial charge on any atom is 0.145 e. The van der Waals surface area contributed by atoms with Crippen molar-refractivity contribution in [2.45, 2.75) is 27.2 Å². The second-order valence-electron chi connectivity index (χ2n) is 2.97. The quantitative estimate of drug-likeness (QED) is 0.344. The largest absolute Gasteiger partial charge is 0.298 e. The Morgan fingerprint density at radius 1 is 1.55 bits per heavy atom. The van der Waals surface area contributed by atoms with Crippen molar-refractivity contribution in [3.05, 3.63) is 23.8 Å². The minimum absolute atomic E-state index is 0.443. The highest BCUT2D eigenvalue weighted by molar-refractivity contribution is 5.73. The van der Waals surface area contributed by atoms with Crippen LogP contribution in [0.25, 0.3) is 0 Å². The van der Waals surface area contributed by atoms with Gasteiger partial charge in [-0.1, -0.05) is 25.5 Å². The average Bonchev–Trinajstić information content (AvgIpc) is 1.98. The van der Waals surface area contributed by atoms with Crippen LogP contribution < -0.4 is 0 Å². The molecule has 0 atom stereocenters. The van der Waals surface area contributed by atoms with E-state index in [1.807, 2.05) is 13.0 Å². The second-order valence-corrected chi connectivity index (χ2v) is 2.97. The highest BCUT2D eigenvalue weighted by atomic mass is 16.1. The van der Waals surface area contributed by atoms with Gasteiger partial charge in [0.25, 0.3) is 0 Å². The zero-order valence-electron chi connectivity index (χ0n) is 7.55. The van der Waals surface area contributed by atoms with Crippen LogP contribution in [-0.2, 0) is 4.79 Å². The molecule has 0 heterocycles. The highest BCUT2D eigenvalue weighted by Gasteiger charge is 2.04. The Bertz CT molecular complexity index is 175. The Morgan fingerprint density at radius 3 is 2.36 bits per heavy atom. The molecule has 1 nitrogen and oxygen atoms in total. The predicted octanol–water partition coefficient (Wildman–Crippen LogP) is 2.73. The summed E-state index contributed by atoms with van der Waals surface area (Å²) in [6.45, 7) is 9.68. The minimum Gasteiger partial charge on any atom is -0.298 e. The van der Waals surface area contributed by atoms with E-state index < -0.39 is 0 Å². The first-order chi connectivity index (χ1) is 5.13. The van der Waals surface area contributed by atoms with E-state index in [-0.39, 0.29) is 0 Å². The molecule has 0 N–H and O–H groups in total. The normalized spacial score (nSPS) is 12.7. The molecule has 0 amide bonds. The third-order valence-electron chi connectivity index (χ3n) is 1.74. The maximum absolute atomic E-state index is 10.4. The second kappa shape index (κ2) is 4.89. The van der Waals surface area contributed by atoms with Crippen LogP contribution in [0, 0.1) is 5.92 Å². The highest BCUT2D eigenvalue weighted by Crippen LogP contribution is 2.17. The van der Waals surface area contributed by atoms with Crippen LogP contribution in [0.3, 0.4) is 0 Å². The molecular weight excluding hydrogens is 136 g/mol. The molecule has 0 aromatic carbocycles. The molecule has 0 aromatic rings. The standard InChI is InChI=1S/C10H16O/c1-5-6-10(8(2)3)9(4)7-11/h5,7-8H,1,6H2,2-4H3. The SMILES string of the molecule is C=CCC(=C(C)C=O)C(C)C. The van der Waals surface area contributed by atoms with Gasteiger partial charge in [-0.25, -0.2) is 0 Å². The van der Waals surface area contributed by atoms with Gasteiger partial charge in [-0.2, -0.15) is 0 Å². The van der Waals surface area contributed by atoms with E-state index in [1.165, 1.54) is 5.57 Å². The fourth-order valence-electron chi connectivity index (χ4n) is 1.08. The van der Waals surface area contributed by atoms with Crippen molar-refractivity contribution in [1.29, 1.82) is 0 Å². The van der Waals surface area contributed by atoms with Gasteiger partial charge in [0.05, 0.1) is 0 Å². The van der Waals surface area contributed by atoms with Crippen molar-refractivity contribution >= 4 is 6.29 Å². The molecule has 0 aliphatic carbocycles. The van der Waals surface area contributed by atoms with E-state index in [0.29, 0.717) is 5.92 Å². The summed E-state index contributed by atoms with van der Waals surface area (Å²) in [4.78, 5) is 10.4. The summed E-state index contributed by atoms with van der Waals surface area (Å²) in [6, 6.07) is 0. The summed E-state index contributed by atoms with van der Waals surface area (Å²) in [5.41, 5.74) is 2.04. The van der Waals surface area contributed by atoms with Crippen molar-refractivity contribution in [2.75, 3.05) is 0 Å². The Labute approximate surface area is 68.8 Å². The van der Waals surface area contributed by atoms with Gasteiger partial charge in [-0.3, -0.25) is 4.79 Å². The molecule has 0 aliphatic heterocycles. The molecule has 0 rings (SSSR count). The number of hydrogen-bond acceptors (Lipinski definition) is 1. The van der Waals surface area contributed by atoms with Gasteiger partial charge >= 0.3 is 0 Å². The first kappa shape index (κ1) is 10.2. The molecule has 0 aliphatic rings. The lowest BCUT2D eigenvalue weighted by Crippen LogP contribution is -1.97. The Morgan fingerprint density at radius 2 is 2.09 bits per heavy atom. The molecule has 11 heavy (non-hydrogen) atoms. The molecule has 0 radical (unpaired) electrons. The minimum atomic E-state index is 0.443. The van der Waals surface area contributed by atoms with Crippen LogP contribution in [0.4, 0.5) is 0 Å². The van der Waals surface area contributed by atoms with Crippen molar-refractivity contribution in [2.24, 2.45) is 5.92 Å². The van der Waals surface area contributed by atoms with Crippen LogP contribution in [0.15, 0.2) is 23.8 Å². The first-order valence-corrected chi connectivity index (χ1v) is 3.89. The van der Waals surface area contributed by atoms with E-state index in [2.05, 4.69) is 20.4 Å². The number of hydrogen-bond donors (Lipinski definition) is 0. The van der Waals surface area contributed by atoms with Gasteiger partial charge in [0.2, 0.25) is 0 Å². The Hall–Kier alpha value is -0.850. The number of carbonyl (C=O) groups excluding carboxylic acids is 1. The van der Waals surface area contributed by atoms with Crippen molar-refractivity contribution in [3.8, 4) is 0 Å². The number of rotatable bonds is 4. The first-order valence-electron chi connectivity index (χ1n) is 3.89. The van der Waals surface area contributed by atoms with Crippen LogP contribution in [0.5, 0.6) is 0 Å². The summed E-state index contributed by atoms with van der Waals surface area (Å²) in [5.74, 6) is 0.443. The molecule has 0 aromatic heterocycles. The summed E-state index contributed by atoms with van der Waals surface area (Å²) in [7, 11) is 0. The van der Waals surface area contributed by atoms with Crippen molar-refractivity contribution < 1.29 is 4.79 Å². The third kappa shape index (κ3) is 3.17. The lowest BCUT2D eigenvalue weighted by Gasteiger charge is -2.09. The van der Waals surface area contributed by atoms with Gasteiger partial charge in [-0.15, -0.1) is 6.58 Å². The third-order valence-corrected chi connectivity index (χ3v) is 1.74. The summed E-state index contributed by atoms with van der Waals surface area (Å²) < 4.78 is 0. The monoisotopic (exact) mass is 152 g/mol. The molecule has 0 saturated heterocycles. The smallest absolute Gasteiger partial charge is 0.145 e. The summed E-state index contributed by atoms with van der Waals surface area (Å²) in [5, 5.41) is 0. The fraction of sp³-hybridized carbons (Fsp3) is 0.500. The molecular formula is C10H16O. The van der Waals surface area contributed by atoms with Gasteiger partial charge in [0, 0.05) is 0 Å². The molecule has 0 bridgehead atoms. The molecule has 0 saturated carbocycles. The van der Waals surface area contributed by atoms with Gasteiger partial charge < -0.3 is 0 Å². The summed E-state index contributed by atoms with van der Waals surface area (Å²) in [6.07, 6.45) is 3.57. The Kier molecular flexibility index (Phi) is 4.51. The number of aldehydes is 1. The van der Waals surface area contributed by atoms with E-state index in [4.69, 9.17) is 0 Å². The molecule has 1 heteroatoms. The van der Waals surface area contributed by atoms with Crippen molar-refractivity contribution in [3.63, 3.8) is 0 Å². The van der Waals surface area contributed by atoms with Crippen LogP contribution in [0.2, 0.25) is 0 Å². The number of carbonyl (C=O) groups is 1. The van der Waals surface area contributed by atoms with Crippen molar-refractivity contribution in [1.82, 2.24) is 0 Å². The molecule has 0 unspecified atom stereocenters. The van der Waals surface area contributed by atoms with E-state index >= 15 is 0 Å². The maximum atomic E-state index is 10.4.